The molecule has 0 aliphatic rings. The summed E-state index contributed by atoms with van der Waals surface area (Å²) in [6, 6.07) is 0. The maximum Gasteiger partial charge on any atom is 0.306 e. The smallest absolute Gasteiger partial charge is 0.306 e. The van der Waals surface area contributed by atoms with E-state index in [1.165, 1.54) is 205 Å². The predicted octanol–water partition coefficient (Wildman–Crippen LogP) is 16.3. The molecule has 0 heterocycles. The highest BCUT2D eigenvalue weighted by molar-refractivity contribution is 5.69. The zero-order valence-corrected chi connectivity index (χ0v) is 36.3. The number of carboxylic acids is 3. The van der Waals surface area contributed by atoms with Crippen LogP contribution < -0.4 is 0 Å². The molecule has 0 saturated heterocycles. The van der Waals surface area contributed by atoms with Crippen molar-refractivity contribution in [2.45, 2.75) is 284 Å². The van der Waals surface area contributed by atoms with Crippen molar-refractivity contribution in [2.24, 2.45) is 5.92 Å². The molecular weight excluding hydrogens is 673 g/mol. The standard InChI is InChI=1S/C30H58O4.C18H36O2/c1-2-3-4-5-6-7-13-16-19-22-25-28(30(33)34)26-23-20-17-14-11-9-8-10-12-15-18-21-24-27-29(31)32;1-2-3-4-5-6-7-8-9-10-11-12-13-14-15-16-17-18(19)20/h28H,2-27H2,1H3,(H,31,32)(H,33,34);2-17H2,1H3,(H,19,20). The van der Waals surface area contributed by atoms with Gasteiger partial charge in [0.1, 0.15) is 0 Å². The number of hydrogen-bond donors (Lipinski definition) is 3. The minimum atomic E-state index is -0.675. The molecule has 0 bridgehead atoms. The summed E-state index contributed by atoms with van der Waals surface area (Å²) < 4.78 is 0. The highest BCUT2D eigenvalue weighted by Crippen LogP contribution is 2.21. The lowest BCUT2D eigenvalue weighted by molar-refractivity contribution is -0.142. The molecule has 0 spiro atoms. The molecule has 0 fully saturated rings. The van der Waals surface area contributed by atoms with Crippen molar-refractivity contribution in [2.75, 3.05) is 0 Å². The van der Waals surface area contributed by atoms with Crippen LogP contribution in [0.25, 0.3) is 0 Å². The molecular formula is C48H94O6. The SMILES string of the molecule is CCCCCCCCCCCCC(CCCCCCCCCCCCCCCC(=O)O)C(=O)O.CCCCCCCCCCCCCCCCCC(=O)O. The van der Waals surface area contributed by atoms with Gasteiger partial charge in [-0.25, -0.2) is 0 Å². The lowest BCUT2D eigenvalue weighted by Gasteiger charge is -2.12. The van der Waals surface area contributed by atoms with Crippen LogP contribution in [0.4, 0.5) is 0 Å². The van der Waals surface area contributed by atoms with Crippen LogP contribution in [0, 0.1) is 5.92 Å². The minimum absolute atomic E-state index is 0.127. The van der Waals surface area contributed by atoms with Gasteiger partial charge in [-0.1, -0.05) is 245 Å². The summed E-state index contributed by atoms with van der Waals surface area (Å²) >= 11 is 0. The Hall–Kier alpha value is -1.59. The zero-order valence-electron chi connectivity index (χ0n) is 36.3. The molecule has 6 nitrogen and oxygen atoms in total. The van der Waals surface area contributed by atoms with Crippen LogP contribution in [0.2, 0.25) is 0 Å². The van der Waals surface area contributed by atoms with Crippen molar-refractivity contribution in [1.29, 1.82) is 0 Å². The van der Waals surface area contributed by atoms with Crippen molar-refractivity contribution in [3.8, 4) is 0 Å². The first-order chi connectivity index (χ1) is 26.3. The first kappa shape index (κ1) is 54.5. The van der Waals surface area contributed by atoms with Gasteiger partial charge >= 0.3 is 17.9 Å². The Kier molecular flexibility index (Phi) is 48.0. The summed E-state index contributed by atoms with van der Waals surface area (Å²) in [7, 11) is 0. The third-order valence-electron chi connectivity index (χ3n) is 11.2. The molecule has 3 N–H and O–H groups in total. The third-order valence-corrected chi connectivity index (χ3v) is 11.2. The van der Waals surface area contributed by atoms with Gasteiger partial charge in [-0.3, -0.25) is 14.4 Å². The second-order valence-corrected chi connectivity index (χ2v) is 16.6. The molecule has 6 heteroatoms. The van der Waals surface area contributed by atoms with E-state index >= 15 is 0 Å². The van der Waals surface area contributed by atoms with Crippen LogP contribution in [0.5, 0.6) is 0 Å². The Morgan fingerprint density at radius 3 is 0.667 bits per heavy atom. The molecule has 1 atom stereocenters. The molecule has 0 aromatic carbocycles. The van der Waals surface area contributed by atoms with E-state index in [0.29, 0.717) is 12.8 Å². The average Bonchev–Trinajstić information content (AvgIpc) is 3.14. The topological polar surface area (TPSA) is 112 Å². The van der Waals surface area contributed by atoms with Crippen LogP contribution in [-0.4, -0.2) is 33.2 Å². The Morgan fingerprint density at radius 2 is 0.481 bits per heavy atom. The first-order valence-corrected chi connectivity index (χ1v) is 24.0. The maximum atomic E-state index is 11.6. The van der Waals surface area contributed by atoms with Gasteiger partial charge in [0.05, 0.1) is 5.92 Å². The Morgan fingerprint density at radius 1 is 0.296 bits per heavy atom. The highest BCUT2D eigenvalue weighted by atomic mass is 16.4. The van der Waals surface area contributed by atoms with Crippen molar-refractivity contribution in [3.63, 3.8) is 0 Å². The molecule has 1 unspecified atom stereocenters. The molecule has 0 aliphatic heterocycles. The fraction of sp³-hybridized carbons (Fsp3) is 0.938. The lowest BCUT2D eigenvalue weighted by Crippen LogP contribution is -2.13. The van der Waals surface area contributed by atoms with Crippen LogP contribution >= 0.6 is 0 Å². The van der Waals surface area contributed by atoms with Crippen molar-refractivity contribution >= 4 is 17.9 Å². The number of rotatable bonds is 44. The summed E-state index contributed by atoms with van der Waals surface area (Å²) in [5, 5.41) is 26.6. The van der Waals surface area contributed by atoms with Gasteiger partial charge in [0, 0.05) is 12.8 Å². The lowest BCUT2D eigenvalue weighted by atomic mass is 9.94. The van der Waals surface area contributed by atoms with Crippen molar-refractivity contribution in [1.82, 2.24) is 0 Å². The summed E-state index contributed by atoms with van der Waals surface area (Å²) in [6.07, 6.45) is 50.9. The quantitative estimate of drug-likeness (QED) is 0.0532. The third kappa shape index (κ3) is 50.4. The molecule has 322 valence electrons. The zero-order chi connectivity index (χ0) is 40.0. The fourth-order valence-corrected chi connectivity index (χ4v) is 7.53. The molecule has 54 heavy (non-hydrogen) atoms. The predicted molar refractivity (Wildman–Crippen MR) is 232 cm³/mol. The normalized spacial score (nSPS) is 11.7. The molecule has 0 rings (SSSR count). The van der Waals surface area contributed by atoms with E-state index in [2.05, 4.69) is 13.8 Å². The van der Waals surface area contributed by atoms with E-state index in [1.54, 1.807) is 0 Å². The Bertz CT molecular complexity index is 768. The number of hydrogen-bond acceptors (Lipinski definition) is 3. The Labute approximate surface area is 336 Å². The van der Waals surface area contributed by atoms with Crippen molar-refractivity contribution < 1.29 is 29.7 Å². The van der Waals surface area contributed by atoms with Crippen LogP contribution in [-0.2, 0) is 14.4 Å². The summed E-state index contributed by atoms with van der Waals surface area (Å²) in [5.41, 5.74) is 0. The van der Waals surface area contributed by atoms with Crippen LogP contribution in [0.15, 0.2) is 0 Å². The molecule has 0 radical (unpaired) electrons. The highest BCUT2D eigenvalue weighted by Gasteiger charge is 2.16. The molecule has 0 aromatic rings. The van der Waals surface area contributed by atoms with E-state index in [0.717, 1.165) is 51.4 Å². The Balaban J connectivity index is 0. The summed E-state index contributed by atoms with van der Waals surface area (Å²) in [6.45, 7) is 4.53. The maximum absolute atomic E-state index is 11.6. The van der Waals surface area contributed by atoms with Gasteiger partial charge in [-0.05, 0) is 25.7 Å². The molecule has 0 aromatic heterocycles. The van der Waals surface area contributed by atoms with Gasteiger partial charge in [-0.15, -0.1) is 0 Å². The van der Waals surface area contributed by atoms with E-state index < -0.39 is 17.9 Å². The van der Waals surface area contributed by atoms with Gasteiger partial charge in [0.15, 0.2) is 0 Å². The van der Waals surface area contributed by atoms with E-state index in [4.69, 9.17) is 10.2 Å². The van der Waals surface area contributed by atoms with Crippen LogP contribution in [0.1, 0.15) is 284 Å². The minimum Gasteiger partial charge on any atom is -0.481 e. The number of aliphatic carboxylic acids is 3. The van der Waals surface area contributed by atoms with E-state index in [-0.39, 0.29) is 5.92 Å². The van der Waals surface area contributed by atoms with Gasteiger partial charge in [-0.2, -0.15) is 0 Å². The van der Waals surface area contributed by atoms with Crippen LogP contribution in [0.3, 0.4) is 0 Å². The monoisotopic (exact) mass is 767 g/mol. The van der Waals surface area contributed by atoms with Gasteiger partial charge in [0.25, 0.3) is 0 Å². The molecule has 0 aliphatic carbocycles. The summed E-state index contributed by atoms with van der Waals surface area (Å²) in [4.78, 5) is 32.3. The van der Waals surface area contributed by atoms with E-state index in [1.807, 2.05) is 0 Å². The van der Waals surface area contributed by atoms with E-state index in [9.17, 15) is 19.5 Å². The van der Waals surface area contributed by atoms with Crippen molar-refractivity contribution in [3.05, 3.63) is 0 Å². The molecule has 0 saturated carbocycles. The molecule has 0 amide bonds. The first-order valence-electron chi connectivity index (χ1n) is 24.0. The second-order valence-electron chi connectivity index (χ2n) is 16.6. The summed E-state index contributed by atoms with van der Waals surface area (Å²) in [5.74, 6) is -2.04. The van der Waals surface area contributed by atoms with Gasteiger partial charge in [0.2, 0.25) is 0 Å². The fourth-order valence-electron chi connectivity index (χ4n) is 7.53. The average molecular weight is 767 g/mol. The second kappa shape index (κ2) is 47.6. The number of unbranched alkanes of at least 4 members (excludes halogenated alkanes) is 35. The number of carboxylic acid groups (broad SMARTS) is 3. The number of carbonyl (C=O) groups is 3. The van der Waals surface area contributed by atoms with Gasteiger partial charge < -0.3 is 15.3 Å². The largest absolute Gasteiger partial charge is 0.481 e.